The minimum absolute atomic E-state index is 0.0758. The molecule has 0 radical (unpaired) electrons. The molecule has 1 aliphatic heterocycles. The molecule has 132 valence electrons. The smallest absolute Gasteiger partial charge is 0.378 e. The fourth-order valence-corrected chi connectivity index (χ4v) is 2.30. The normalized spacial score (nSPS) is 15.2. The van der Waals surface area contributed by atoms with Crippen molar-refractivity contribution >= 4 is 17.3 Å². The Morgan fingerprint density at radius 1 is 1.21 bits per heavy atom. The number of alkyl halides is 3. The first-order valence-corrected chi connectivity index (χ1v) is 7.38. The maximum atomic E-state index is 13.7. The number of allylic oxidation sites excluding steroid dienone is 1. The molecule has 0 bridgehead atoms. The van der Waals surface area contributed by atoms with E-state index in [1.54, 1.807) is 4.90 Å². The van der Waals surface area contributed by atoms with Gasteiger partial charge in [0.05, 0.1) is 30.2 Å². The van der Waals surface area contributed by atoms with Crippen LogP contribution < -0.4 is 10.2 Å². The van der Waals surface area contributed by atoms with Crippen LogP contribution >= 0.6 is 0 Å². The Labute approximate surface area is 137 Å². The molecule has 1 aliphatic rings. The topological polar surface area (TPSA) is 41.6 Å². The molecule has 0 atom stereocenters. The van der Waals surface area contributed by atoms with Gasteiger partial charge in [0.2, 0.25) is 0 Å². The molecule has 1 fully saturated rings. The van der Waals surface area contributed by atoms with Gasteiger partial charge in [-0.15, -0.1) is 0 Å². The highest BCUT2D eigenvalue weighted by Gasteiger charge is 2.32. The van der Waals surface area contributed by atoms with Crippen molar-refractivity contribution in [1.82, 2.24) is 0 Å². The summed E-state index contributed by atoms with van der Waals surface area (Å²) in [6.45, 7) is 4.61. The molecular formula is C16H18F4N2O2. The van der Waals surface area contributed by atoms with Crippen LogP contribution in [-0.4, -0.2) is 32.2 Å². The molecule has 1 amide bonds. The number of rotatable bonds is 3. The molecule has 2 rings (SSSR count). The lowest BCUT2D eigenvalue weighted by molar-refractivity contribution is -0.137. The van der Waals surface area contributed by atoms with Gasteiger partial charge in [0, 0.05) is 13.1 Å². The molecule has 1 saturated heterocycles. The second-order valence-electron chi connectivity index (χ2n) is 5.60. The van der Waals surface area contributed by atoms with Crippen LogP contribution in [0.3, 0.4) is 0 Å². The summed E-state index contributed by atoms with van der Waals surface area (Å²) < 4.78 is 57.7. The van der Waals surface area contributed by atoms with E-state index in [2.05, 4.69) is 5.32 Å². The molecule has 1 aromatic rings. The summed E-state index contributed by atoms with van der Waals surface area (Å²) in [5, 5.41) is 2.25. The van der Waals surface area contributed by atoms with Crippen molar-refractivity contribution in [3.63, 3.8) is 0 Å². The highest BCUT2D eigenvalue weighted by atomic mass is 19.4. The van der Waals surface area contributed by atoms with Crippen LogP contribution in [0.2, 0.25) is 0 Å². The summed E-state index contributed by atoms with van der Waals surface area (Å²) in [7, 11) is 0. The van der Waals surface area contributed by atoms with Gasteiger partial charge in [-0.25, -0.2) is 4.39 Å². The largest absolute Gasteiger partial charge is 0.416 e. The van der Waals surface area contributed by atoms with Crippen molar-refractivity contribution in [2.75, 3.05) is 36.5 Å². The number of anilines is 2. The summed E-state index contributed by atoms with van der Waals surface area (Å²) in [6, 6.07) is 3.04. The van der Waals surface area contributed by atoms with Crippen LogP contribution in [0.5, 0.6) is 0 Å². The van der Waals surface area contributed by atoms with Gasteiger partial charge in [0.15, 0.2) is 5.83 Å². The maximum Gasteiger partial charge on any atom is 0.416 e. The monoisotopic (exact) mass is 346 g/mol. The molecule has 0 aromatic heterocycles. The van der Waals surface area contributed by atoms with Crippen LogP contribution in [0.25, 0.3) is 0 Å². The zero-order valence-corrected chi connectivity index (χ0v) is 13.3. The van der Waals surface area contributed by atoms with E-state index >= 15 is 0 Å². The van der Waals surface area contributed by atoms with Gasteiger partial charge >= 0.3 is 6.18 Å². The number of nitrogens with zero attached hydrogens (tertiary/aromatic N) is 1. The number of amides is 1. The highest BCUT2D eigenvalue weighted by molar-refractivity contribution is 6.04. The van der Waals surface area contributed by atoms with Crippen LogP contribution in [0.4, 0.5) is 28.9 Å². The SMILES string of the molecule is CC(C)=C(F)C(=O)Nc1cc(C(F)(F)F)ccc1N1CCOCC1. The van der Waals surface area contributed by atoms with E-state index in [1.807, 2.05) is 0 Å². The lowest BCUT2D eigenvalue weighted by Gasteiger charge is -2.31. The summed E-state index contributed by atoms with van der Waals surface area (Å²) in [4.78, 5) is 13.7. The van der Waals surface area contributed by atoms with Crippen LogP contribution in [0, 0.1) is 0 Å². The van der Waals surface area contributed by atoms with Crippen molar-refractivity contribution < 1.29 is 27.1 Å². The number of hydrogen-bond donors (Lipinski definition) is 1. The Morgan fingerprint density at radius 2 is 1.83 bits per heavy atom. The number of carbonyl (C=O) groups excluding carboxylic acids is 1. The number of hydrogen-bond acceptors (Lipinski definition) is 3. The Hall–Kier alpha value is -2.09. The fourth-order valence-electron chi connectivity index (χ4n) is 2.30. The molecule has 1 aromatic carbocycles. The first-order chi connectivity index (χ1) is 11.2. The number of nitrogens with one attached hydrogen (secondary N) is 1. The van der Waals surface area contributed by atoms with Gasteiger partial charge in [-0.05, 0) is 37.6 Å². The molecule has 24 heavy (non-hydrogen) atoms. The standard InChI is InChI=1S/C16H18F4N2O2/c1-10(2)14(17)15(23)21-12-9-11(16(18,19)20)3-4-13(12)22-5-7-24-8-6-22/h3-4,9H,5-8H2,1-2H3,(H,21,23). The minimum Gasteiger partial charge on any atom is -0.378 e. The summed E-state index contributed by atoms with van der Waals surface area (Å²) >= 11 is 0. The number of halogens is 4. The molecule has 0 saturated carbocycles. The first-order valence-electron chi connectivity index (χ1n) is 7.38. The fraction of sp³-hybridized carbons (Fsp3) is 0.438. The second-order valence-corrected chi connectivity index (χ2v) is 5.60. The van der Waals surface area contributed by atoms with Crippen molar-refractivity contribution in [2.45, 2.75) is 20.0 Å². The van der Waals surface area contributed by atoms with Crippen molar-refractivity contribution in [2.24, 2.45) is 0 Å². The molecule has 1 heterocycles. The van der Waals surface area contributed by atoms with E-state index in [-0.39, 0.29) is 11.3 Å². The Bertz CT molecular complexity index is 646. The van der Waals surface area contributed by atoms with Crippen molar-refractivity contribution in [1.29, 1.82) is 0 Å². The molecule has 0 spiro atoms. The zero-order valence-electron chi connectivity index (χ0n) is 13.3. The first kappa shape index (κ1) is 18.3. The van der Waals surface area contributed by atoms with E-state index in [1.165, 1.54) is 19.9 Å². The quantitative estimate of drug-likeness (QED) is 0.670. The van der Waals surface area contributed by atoms with E-state index in [0.29, 0.717) is 32.0 Å². The Kier molecular flexibility index (Phi) is 5.48. The van der Waals surface area contributed by atoms with Gasteiger partial charge < -0.3 is 15.0 Å². The number of ether oxygens (including phenoxy) is 1. The van der Waals surface area contributed by atoms with Gasteiger partial charge in [0.1, 0.15) is 0 Å². The number of morpholine rings is 1. The Morgan fingerprint density at radius 3 is 2.38 bits per heavy atom. The lowest BCUT2D eigenvalue weighted by atomic mass is 10.1. The predicted molar refractivity (Wildman–Crippen MR) is 82.6 cm³/mol. The van der Waals surface area contributed by atoms with Gasteiger partial charge in [-0.3, -0.25) is 4.79 Å². The van der Waals surface area contributed by atoms with Gasteiger partial charge in [-0.2, -0.15) is 13.2 Å². The summed E-state index contributed by atoms with van der Waals surface area (Å²) in [5.74, 6) is -2.08. The average Bonchev–Trinajstić information content (AvgIpc) is 2.53. The number of carbonyl (C=O) groups is 1. The second kappa shape index (κ2) is 7.21. The molecular weight excluding hydrogens is 328 g/mol. The summed E-state index contributed by atoms with van der Waals surface area (Å²) in [6.07, 6.45) is -4.56. The minimum atomic E-state index is -4.56. The number of benzene rings is 1. The predicted octanol–water partition coefficient (Wildman–Crippen LogP) is 3.74. The van der Waals surface area contributed by atoms with E-state index in [9.17, 15) is 22.4 Å². The maximum absolute atomic E-state index is 13.7. The molecule has 0 aliphatic carbocycles. The van der Waals surface area contributed by atoms with Crippen LogP contribution in [0.1, 0.15) is 19.4 Å². The highest BCUT2D eigenvalue weighted by Crippen LogP contribution is 2.36. The van der Waals surface area contributed by atoms with Crippen molar-refractivity contribution in [3.05, 3.63) is 35.2 Å². The molecule has 8 heteroatoms. The third-order valence-electron chi connectivity index (χ3n) is 3.56. The Balaban J connectivity index is 2.40. The van der Waals surface area contributed by atoms with Crippen LogP contribution in [-0.2, 0) is 15.7 Å². The lowest BCUT2D eigenvalue weighted by Crippen LogP contribution is -2.37. The van der Waals surface area contributed by atoms with Crippen LogP contribution in [0.15, 0.2) is 29.6 Å². The third kappa shape index (κ3) is 4.25. The third-order valence-corrected chi connectivity index (χ3v) is 3.56. The van der Waals surface area contributed by atoms with E-state index in [0.717, 1.165) is 12.1 Å². The average molecular weight is 346 g/mol. The summed E-state index contributed by atoms with van der Waals surface area (Å²) in [5.41, 5.74) is -0.436. The zero-order chi connectivity index (χ0) is 17.9. The van der Waals surface area contributed by atoms with E-state index < -0.39 is 23.5 Å². The van der Waals surface area contributed by atoms with Gasteiger partial charge in [0.25, 0.3) is 5.91 Å². The van der Waals surface area contributed by atoms with E-state index in [4.69, 9.17) is 4.74 Å². The van der Waals surface area contributed by atoms with Gasteiger partial charge in [-0.1, -0.05) is 0 Å². The molecule has 1 N–H and O–H groups in total. The molecule has 0 unspecified atom stereocenters. The molecule has 4 nitrogen and oxygen atoms in total. The van der Waals surface area contributed by atoms with Crippen molar-refractivity contribution in [3.8, 4) is 0 Å².